The van der Waals surface area contributed by atoms with Crippen molar-refractivity contribution in [2.24, 2.45) is 0 Å². The summed E-state index contributed by atoms with van der Waals surface area (Å²) >= 11 is 0. The van der Waals surface area contributed by atoms with E-state index in [9.17, 15) is 23.1 Å². The molecule has 0 aliphatic heterocycles. The summed E-state index contributed by atoms with van der Waals surface area (Å²) in [5.41, 5.74) is 2.39. The number of carboxylic acids is 1. The molecule has 0 bridgehead atoms. The molecule has 0 fully saturated rings. The van der Waals surface area contributed by atoms with Crippen LogP contribution in [0.5, 0.6) is 0 Å². The number of carbonyl (C=O) groups is 2. The largest absolute Gasteiger partial charge is 0.478 e. The molecule has 0 saturated heterocycles. The zero-order valence-corrected chi connectivity index (χ0v) is 15.0. The SMILES string of the molecule is C/C(C(=O)O)=C1/C(=O)C(c2ccccc2)=C1c1ccc(S(C)(=O)=O)cc1. The lowest BCUT2D eigenvalue weighted by Crippen LogP contribution is -2.23. The molecule has 132 valence electrons. The number of rotatable bonds is 4. The number of hydrogen-bond donors (Lipinski definition) is 1. The second-order valence-electron chi connectivity index (χ2n) is 6.05. The average molecular weight is 368 g/mol. The van der Waals surface area contributed by atoms with Gasteiger partial charge >= 0.3 is 5.97 Å². The molecule has 3 rings (SSSR count). The highest BCUT2D eigenvalue weighted by Crippen LogP contribution is 2.45. The van der Waals surface area contributed by atoms with Crippen LogP contribution in [0.2, 0.25) is 0 Å². The molecule has 0 heterocycles. The lowest BCUT2D eigenvalue weighted by atomic mass is 9.73. The Morgan fingerprint density at radius 3 is 1.92 bits per heavy atom. The van der Waals surface area contributed by atoms with Crippen LogP contribution in [0.1, 0.15) is 18.1 Å². The van der Waals surface area contributed by atoms with Crippen LogP contribution >= 0.6 is 0 Å². The first kappa shape index (κ1) is 17.8. The van der Waals surface area contributed by atoms with Crippen LogP contribution in [0.3, 0.4) is 0 Å². The van der Waals surface area contributed by atoms with E-state index in [1.807, 2.05) is 6.07 Å². The van der Waals surface area contributed by atoms with Crippen molar-refractivity contribution < 1.29 is 23.1 Å². The van der Waals surface area contributed by atoms with Crippen LogP contribution < -0.4 is 0 Å². The van der Waals surface area contributed by atoms with E-state index in [1.165, 1.54) is 19.1 Å². The van der Waals surface area contributed by atoms with Crippen molar-refractivity contribution in [2.75, 3.05) is 6.26 Å². The van der Waals surface area contributed by atoms with Gasteiger partial charge in [-0.25, -0.2) is 13.2 Å². The molecule has 1 N–H and O–H groups in total. The molecule has 5 nitrogen and oxygen atoms in total. The molecule has 1 aliphatic carbocycles. The Kier molecular flexibility index (Phi) is 4.38. The minimum atomic E-state index is -3.34. The number of aliphatic carboxylic acids is 1. The Morgan fingerprint density at radius 1 is 0.885 bits per heavy atom. The molecule has 1 aliphatic rings. The molecule has 2 aromatic rings. The number of ketones is 1. The lowest BCUT2D eigenvalue weighted by molar-refractivity contribution is -0.132. The molecule has 2 aromatic carbocycles. The molecular weight excluding hydrogens is 352 g/mol. The van der Waals surface area contributed by atoms with Gasteiger partial charge in [0.15, 0.2) is 15.6 Å². The minimum Gasteiger partial charge on any atom is -0.478 e. The van der Waals surface area contributed by atoms with Gasteiger partial charge in [-0.3, -0.25) is 4.79 Å². The third-order valence-electron chi connectivity index (χ3n) is 4.28. The standard InChI is InChI=1S/C20H16O5S/c1-12(20(22)23)16-17(14-8-10-15(11-9-14)26(2,24)25)18(19(16)21)13-6-4-3-5-7-13/h3-11H,1-2H3,(H,22,23)/b16-12-. The first-order chi connectivity index (χ1) is 12.2. The molecule has 0 saturated carbocycles. The van der Waals surface area contributed by atoms with Gasteiger partial charge in [-0.1, -0.05) is 42.5 Å². The zero-order valence-electron chi connectivity index (χ0n) is 14.2. The quantitative estimate of drug-likeness (QED) is 0.838. The first-order valence-electron chi connectivity index (χ1n) is 7.81. The molecule has 0 aromatic heterocycles. The van der Waals surface area contributed by atoms with Gasteiger partial charge in [0.2, 0.25) is 0 Å². The first-order valence-corrected chi connectivity index (χ1v) is 9.70. The third kappa shape index (κ3) is 2.99. The fraction of sp³-hybridized carbons (Fsp3) is 0.100. The fourth-order valence-electron chi connectivity index (χ4n) is 2.92. The number of allylic oxidation sites excluding steroid dienone is 3. The van der Waals surface area contributed by atoms with Gasteiger partial charge in [0, 0.05) is 28.5 Å². The highest BCUT2D eigenvalue weighted by atomic mass is 32.2. The molecule has 0 unspecified atom stereocenters. The minimum absolute atomic E-state index is 0.0307. The van der Waals surface area contributed by atoms with Crippen molar-refractivity contribution in [3.63, 3.8) is 0 Å². The molecule has 0 amide bonds. The van der Waals surface area contributed by atoms with E-state index < -0.39 is 15.8 Å². The van der Waals surface area contributed by atoms with Crippen molar-refractivity contribution in [3.8, 4) is 0 Å². The van der Waals surface area contributed by atoms with Crippen molar-refractivity contribution in [2.45, 2.75) is 11.8 Å². The summed E-state index contributed by atoms with van der Waals surface area (Å²) in [7, 11) is -3.34. The number of carbonyl (C=O) groups excluding carboxylic acids is 1. The van der Waals surface area contributed by atoms with E-state index in [0.29, 0.717) is 22.3 Å². The summed E-state index contributed by atoms with van der Waals surface area (Å²) in [4.78, 5) is 24.2. The maximum Gasteiger partial charge on any atom is 0.332 e. The number of carboxylic acid groups (broad SMARTS) is 1. The second-order valence-corrected chi connectivity index (χ2v) is 8.06. The maximum atomic E-state index is 12.6. The van der Waals surface area contributed by atoms with Crippen molar-refractivity contribution >= 4 is 32.7 Å². The van der Waals surface area contributed by atoms with Crippen LogP contribution in [0, 0.1) is 0 Å². The van der Waals surface area contributed by atoms with Crippen LogP contribution in [-0.4, -0.2) is 31.5 Å². The van der Waals surface area contributed by atoms with Crippen molar-refractivity contribution in [1.29, 1.82) is 0 Å². The Morgan fingerprint density at radius 2 is 1.42 bits per heavy atom. The van der Waals surface area contributed by atoms with Gasteiger partial charge in [-0.2, -0.15) is 0 Å². The van der Waals surface area contributed by atoms with E-state index >= 15 is 0 Å². The van der Waals surface area contributed by atoms with E-state index in [-0.39, 0.29) is 21.8 Å². The summed E-state index contributed by atoms with van der Waals surface area (Å²) in [5.74, 6) is -1.48. The average Bonchev–Trinajstić information content (AvgIpc) is 2.59. The topological polar surface area (TPSA) is 88.5 Å². The normalized spacial score (nSPS) is 16.3. The Hall–Kier alpha value is -2.99. The predicted molar refractivity (Wildman–Crippen MR) is 98.2 cm³/mol. The fourth-order valence-corrected chi connectivity index (χ4v) is 3.55. The smallest absolute Gasteiger partial charge is 0.332 e. The maximum absolute atomic E-state index is 12.6. The summed E-state index contributed by atoms with van der Waals surface area (Å²) in [6.45, 7) is 1.39. The number of benzene rings is 2. The number of sulfone groups is 1. The van der Waals surface area contributed by atoms with Crippen molar-refractivity contribution in [1.82, 2.24) is 0 Å². The van der Waals surface area contributed by atoms with Crippen molar-refractivity contribution in [3.05, 3.63) is 76.9 Å². The van der Waals surface area contributed by atoms with Crippen LogP contribution in [0.4, 0.5) is 0 Å². The van der Waals surface area contributed by atoms with E-state index in [1.54, 1.807) is 36.4 Å². The summed E-state index contributed by atoms with van der Waals surface area (Å²) in [6.07, 6.45) is 1.11. The highest BCUT2D eigenvalue weighted by Gasteiger charge is 2.37. The third-order valence-corrected chi connectivity index (χ3v) is 5.41. The van der Waals surface area contributed by atoms with Gasteiger partial charge in [-0.05, 0) is 30.2 Å². The Balaban J connectivity index is 2.24. The molecular formula is C20H16O5S. The van der Waals surface area contributed by atoms with E-state index in [4.69, 9.17) is 0 Å². The monoisotopic (exact) mass is 368 g/mol. The number of hydrogen-bond acceptors (Lipinski definition) is 4. The van der Waals surface area contributed by atoms with E-state index in [2.05, 4.69) is 0 Å². The van der Waals surface area contributed by atoms with Gasteiger partial charge < -0.3 is 5.11 Å². The molecule has 0 radical (unpaired) electrons. The summed E-state index contributed by atoms with van der Waals surface area (Å²) < 4.78 is 23.3. The lowest BCUT2D eigenvalue weighted by Gasteiger charge is -2.28. The van der Waals surface area contributed by atoms with Gasteiger partial charge in [0.05, 0.1) is 4.90 Å². The van der Waals surface area contributed by atoms with Gasteiger partial charge in [0.25, 0.3) is 0 Å². The molecule has 6 heteroatoms. The number of Topliss-reactive ketones (excluding diaryl/α,β-unsaturated/α-hetero) is 1. The zero-order chi connectivity index (χ0) is 19.1. The van der Waals surface area contributed by atoms with Crippen LogP contribution in [-0.2, 0) is 19.4 Å². The molecule has 0 atom stereocenters. The molecule has 0 spiro atoms. The van der Waals surface area contributed by atoms with Crippen LogP contribution in [0.15, 0.2) is 70.6 Å². The van der Waals surface area contributed by atoms with Gasteiger partial charge in [0.1, 0.15) is 0 Å². The van der Waals surface area contributed by atoms with E-state index in [0.717, 1.165) is 6.26 Å². The summed E-state index contributed by atoms with van der Waals surface area (Å²) in [6, 6.07) is 15.1. The Labute approximate surface area is 151 Å². The summed E-state index contributed by atoms with van der Waals surface area (Å²) in [5, 5.41) is 9.30. The molecule has 26 heavy (non-hydrogen) atoms. The highest BCUT2D eigenvalue weighted by molar-refractivity contribution is 7.90. The predicted octanol–water partition coefficient (Wildman–Crippen LogP) is 2.98. The van der Waals surface area contributed by atoms with Gasteiger partial charge in [-0.15, -0.1) is 0 Å². The van der Waals surface area contributed by atoms with Crippen LogP contribution in [0.25, 0.3) is 11.1 Å². The second kappa shape index (κ2) is 6.38. The Bertz CT molecular complexity index is 1070.